The molecule has 3 aromatic rings. The Morgan fingerprint density at radius 2 is 1.45 bits per heavy atom. The third kappa shape index (κ3) is 5.22. The molecule has 31 heavy (non-hydrogen) atoms. The van der Waals surface area contributed by atoms with Gasteiger partial charge in [0.25, 0.3) is 21.8 Å². The Bertz CT molecular complexity index is 1230. The quantitative estimate of drug-likeness (QED) is 0.573. The number of hydrogen-bond acceptors (Lipinski definition) is 4. The van der Waals surface area contributed by atoms with Crippen molar-refractivity contribution >= 4 is 39.1 Å². The van der Waals surface area contributed by atoms with Crippen molar-refractivity contribution in [2.24, 2.45) is 0 Å². The van der Waals surface area contributed by atoms with Gasteiger partial charge in [0.1, 0.15) is 0 Å². The van der Waals surface area contributed by atoms with E-state index in [-0.39, 0.29) is 10.5 Å². The maximum atomic E-state index is 13.0. The van der Waals surface area contributed by atoms with Crippen LogP contribution in [0.2, 0.25) is 5.02 Å². The Morgan fingerprint density at radius 1 is 0.839 bits per heavy atom. The van der Waals surface area contributed by atoms with Gasteiger partial charge in [0.05, 0.1) is 10.6 Å². The number of hydrazine groups is 1. The number of benzene rings is 3. The largest absolute Gasteiger partial charge is 0.269 e. The van der Waals surface area contributed by atoms with Gasteiger partial charge in [-0.1, -0.05) is 41.4 Å². The Labute approximate surface area is 185 Å². The number of halogens is 1. The van der Waals surface area contributed by atoms with E-state index >= 15 is 0 Å². The van der Waals surface area contributed by atoms with E-state index in [4.69, 9.17) is 11.6 Å². The molecular weight excluding hydrogens is 438 g/mol. The molecule has 0 heterocycles. The van der Waals surface area contributed by atoms with E-state index in [1.807, 2.05) is 6.92 Å². The first-order chi connectivity index (χ1) is 14.7. The number of rotatable bonds is 5. The summed E-state index contributed by atoms with van der Waals surface area (Å²) >= 11 is 5.96. The van der Waals surface area contributed by atoms with Crippen LogP contribution in [-0.4, -0.2) is 27.3 Å². The molecule has 9 heteroatoms. The van der Waals surface area contributed by atoms with Gasteiger partial charge >= 0.3 is 0 Å². The summed E-state index contributed by atoms with van der Waals surface area (Å²) in [5.74, 6) is -1.14. The second kappa shape index (κ2) is 9.20. The standard InChI is InChI=1S/C22H20ClN3O4S/c1-15-9-11-16(12-10-15)21(27)24-25-22(28)17-5-3-8-20(13-17)31(29,30)26(2)19-7-4-6-18(23)14-19/h3-14H,1-2H3,(H,24,27)(H,25,28). The number of amides is 2. The number of nitrogens with one attached hydrogen (secondary N) is 2. The molecule has 2 amide bonds. The number of sulfonamides is 1. The first-order valence-electron chi connectivity index (χ1n) is 9.20. The monoisotopic (exact) mass is 457 g/mol. The lowest BCUT2D eigenvalue weighted by Crippen LogP contribution is -2.41. The van der Waals surface area contributed by atoms with Gasteiger partial charge in [-0.15, -0.1) is 0 Å². The highest BCUT2D eigenvalue weighted by Gasteiger charge is 2.23. The van der Waals surface area contributed by atoms with Crippen molar-refractivity contribution < 1.29 is 18.0 Å². The Morgan fingerprint density at radius 3 is 2.10 bits per heavy atom. The smallest absolute Gasteiger partial charge is 0.269 e. The van der Waals surface area contributed by atoms with Crippen molar-refractivity contribution in [3.8, 4) is 0 Å². The molecule has 0 aliphatic rings. The zero-order chi connectivity index (χ0) is 22.6. The summed E-state index contributed by atoms with van der Waals surface area (Å²) in [7, 11) is -2.54. The molecule has 0 saturated heterocycles. The van der Waals surface area contributed by atoms with Crippen LogP contribution in [0.3, 0.4) is 0 Å². The van der Waals surface area contributed by atoms with E-state index < -0.39 is 21.8 Å². The molecule has 0 spiro atoms. The van der Waals surface area contributed by atoms with Gasteiger partial charge in [0.15, 0.2) is 0 Å². The fraction of sp³-hybridized carbons (Fsp3) is 0.0909. The molecule has 160 valence electrons. The van der Waals surface area contributed by atoms with Crippen molar-refractivity contribution in [3.63, 3.8) is 0 Å². The van der Waals surface area contributed by atoms with Crippen LogP contribution in [0.5, 0.6) is 0 Å². The first kappa shape index (κ1) is 22.3. The van der Waals surface area contributed by atoms with Gasteiger partial charge in [-0.3, -0.25) is 24.7 Å². The van der Waals surface area contributed by atoms with Crippen LogP contribution < -0.4 is 15.2 Å². The maximum Gasteiger partial charge on any atom is 0.269 e. The summed E-state index contributed by atoms with van der Waals surface area (Å²) in [4.78, 5) is 24.5. The molecule has 0 fully saturated rings. The lowest BCUT2D eigenvalue weighted by atomic mass is 10.1. The van der Waals surface area contributed by atoms with Crippen molar-refractivity contribution in [1.29, 1.82) is 0 Å². The van der Waals surface area contributed by atoms with Crippen LogP contribution in [-0.2, 0) is 10.0 Å². The molecule has 0 atom stereocenters. The van der Waals surface area contributed by atoms with Crippen molar-refractivity contribution in [3.05, 3.63) is 94.5 Å². The molecule has 0 aliphatic carbocycles. The fourth-order valence-electron chi connectivity index (χ4n) is 2.73. The molecule has 3 aromatic carbocycles. The Balaban J connectivity index is 1.75. The minimum atomic E-state index is -3.94. The third-order valence-electron chi connectivity index (χ3n) is 4.53. The molecule has 0 unspecified atom stereocenters. The zero-order valence-corrected chi connectivity index (χ0v) is 18.4. The molecule has 0 radical (unpaired) electrons. The van der Waals surface area contributed by atoms with Crippen molar-refractivity contribution in [2.45, 2.75) is 11.8 Å². The number of carbonyl (C=O) groups is 2. The number of aryl methyl sites for hydroxylation is 1. The van der Waals surface area contributed by atoms with Crippen molar-refractivity contribution in [1.82, 2.24) is 10.9 Å². The Hall–Kier alpha value is -3.36. The van der Waals surface area contributed by atoms with Crippen LogP contribution in [0.1, 0.15) is 26.3 Å². The minimum Gasteiger partial charge on any atom is -0.269 e. The van der Waals surface area contributed by atoms with E-state index in [9.17, 15) is 18.0 Å². The zero-order valence-electron chi connectivity index (χ0n) is 16.8. The van der Waals surface area contributed by atoms with Crippen LogP contribution >= 0.6 is 11.6 Å². The molecule has 0 bridgehead atoms. The summed E-state index contributed by atoms with van der Waals surface area (Å²) in [6, 6.07) is 18.8. The van der Waals surface area contributed by atoms with E-state index in [1.165, 1.54) is 37.4 Å². The molecular formula is C22H20ClN3O4S. The highest BCUT2D eigenvalue weighted by molar-refractivity contribution is 7.92. The number of carbonyl (C=O) groups excluding carboxylic acids is 2. The second-order valence-electron chi connectivity index (χ2n) is 6.75. The molecule has 3 rings (SSSR count). The Kier molecular flexibility index (Phi) is 6.62. The number of anilines is 1. The van der Waals surface area contributed by atoms with Gasteiger partial charge in [0.2, 0.25) is 0 Å². The highest BCUT2D eigenvalue weighted by Crippen LogP contribution is 2.25. The van der Waals surface area contributed by atoms with Crippen LogP contribution in [0, 0.1) is 6.92 Å². The first-order valence-corrected chi connectivity index (χ1v) is 11.0. The normalized spacial score (nSPS) is 10.9. The lowest BCUT2D eigenvalue weighted by molar-refractivity contribution is 0.0846. The van der Waals surface area contributed by atoms with E-state index in [2.05, 4.69) is 10.9 Å². The highest BCUT2D eigenvalue weighted by atomic mass is 35.5. The number of hydrogen-bond donors (Lipinski definition) is 2. The average Bonchev–Trinajstić information content (AvgIpc) is 2.77. The third-order valence-corrected chi connectivity index (χ3v) is 6.55. The molecule has 2 N–H and O–H groups in total. The SMILES string of the molecule is Cc1ccc(C(=O)NNC(=O)c2cccc(S(=O)(=O)N(C)c3cccc(Cl)c3)c2)cc1. The van der Waals surface area contributed by atoms with Gasteiger partial charge in [-0.25, -0.2) is 8.42 Å². The summed E-state index contributed by atoms with van der Waals surface area (Å²) in [5.41, 5.74) is 6.45. The summed E-state index contributed by atoms with van der Waals surface area (Å²) < 4.78 is 27.0. The van der Waals surface area contributed by atoms with Gasteiger partial charge in [0, 0.05) is 23.2 Å². The minimum absolute atomic E-state index is 0.0739. The maximum absolute atomic E-state index is 13.0. The fourth-order valence-corrected chi connectivity index (χ4v) is 4.15. The van der Waals surface area contributed by atoms with Gasteiger partial charge in [-0.05, 0) is 55.5 Å². The topological polar surface area (TPSA) is 95.6 Å². The summed E-state index contributed by atoms with van der Waals surface area (Å²) in [5, 5.41) is 0.400. The second-order valence-corrected chi connectivity index (χ2v) is 9.16. The van der Waals surface area contributed by atoms with Crippen LogP contribution in [0.15, 0.2) is 77.7 Å². The molecule has 0 aliphatic heterocycles. The van der Waals surface area contributed by atoms with E-state index in [0.717, 1.165) is 9.87 Å². The van der Waals surface area contributed by atoms with Crippen LogP contribution in [0.4, 0.5) is 5.69 Å². The average molecular weight is 458 g/mol. The van der Waals surface area contributed by atoms with Gasteiger partial charge < -0.3 is 0 Å². The molecule has 0 saturated carbocycles. The number of nitrogens with zero attached hydrogens (tertiary/aromatic N) is 1. The van der Waals surface area contributed by atoms with Crippen molar-refractivity contribution in [2.75, 3.05) is 11.4 Å². The van der Waals surface area contributed by atoms with E-state index in [0.29, 0.717) is 16.3 Å². The molecule has 7 nitrogen and oxygen atoms in total. The van der Waals surface area contributed by atoms with Gasteiger partial charge in [-0.2, -0.15) is 0 Å². The van der Waals surface area contributed by atoms with E-state index in [1.54, 1.807) is 42.5 Å². The summed E-state index contributed by atoms with van der Waals surface area (Å²) in [6.07, 6.45) is 0. The lowest BCUT2D eigenvalue weighted by Gasteiger charge is -2.20. The molecule has 0 aromatic heterocycles. The summed E-state index contributed by atoms with van der Waals surface area (Å²) in [6.45, 7) is 1.90. The predicted molar refractivity (Wildman–Crippen MR) is 120 cm³/mol. The van der Waals surface area contributed by atoms with Crippen LogP contribution in [0.25, 0.3) is 0 Å². The predicted octanol–water partition coefficient (Wildman–Crippen LogP) is 3.55.